The smallest absolute Gasteiger partial charge is 0.0641 e. The molecule has 0 radical (unpaired) electrons. The average Bonchev–Trinajstić information content (AvgIpc) is 2.45. The van der Waals surface area contributed by atoms with Gasteiger partial charge in [0.2, 0.25) is 0 Å². The molecule has 0 spiro atoms. The second-order valence-corrected chi connectivity index (χ2v) is 4.37. The van der Waals surface area contributed by atoms with Crippen molar-refractivity contribution in [2.24, 2.45) is 0 Å². The molecule has 0 aliphatic heterocycles. The van der Waals surface area contributed by atoms with Gasteiger partial charge in [0.15, 0.2) is 0 Å². The molecule has 4 nitrogen and oxygen atoms in total. The van der Waals surface area contributed by atoms with E-state index in [0.29, 0.717) is 0 Å². The Balaban J connectivity index is 2.34. The first-order chi connectivity index (χ1) is 9.27. The van der Waals surface area contributed by atoms with Crippen LogP contribution in [-0.2, 0) is 4.74 Å². The summed E-state index contributed by atoms with van der Waals surface area (Å²) in [6.07, 6.45) is 3.66. The number of nitrogen functional groups attached to an aromatic ring is 1. The lowest BCUT2D eigenvalue weighted by Crippen LogP contribution is -2.27. The van der Waals surface area contributed by atoms with Gasteiger partial charge < -0.3 is 15.4 Å². The maximum Gasteiger partial charge on any atom is 0.0641 e. The van der Waals surface area contributed by atoms with E-state index in [1.54, 1.807) is 6.20 Å². The fourth-order valence-electron chi connectivity index (χ4n) is 2.24. The second kappa shape index (κ2) is 6.38. The number of nitrogens with zero attached hydrogens (tertiary/aromatic N) is 2. The second-order valence-electron chi connectivity index (χ2n) is 4.37. The Morgan fingerprint density at radius 1 is 1.21 bits per heavy atom. The normalized spacial score (nSPS) is 10.8. The van der Waals surface area contributed by atoms with Crippen molar-refractivity contribution >= 4 is 22.1 Å². The third-order valence-corrected chi connectivity index (χ3v) is 3.26. The Hall–Kier alpha value is -1.81. The number of ether oxygens (including phenoxy) is 1. The Bertz CT molecular complexity index is 542. The first kappa shape index (κ1) is 13.6. The summed E-state index contributed by atoms with van der Waals surface area (Å²) in [4.78, 5) is 6.51. The Morgan fingerprint density at radius 2 is 2.05 bits per heavy atom. The molecule has 1 heterocycles. The topological polar surface area (TPSA) is 51.4 Å². The van der Waals surface area contributed by atoms with E-state index in [-0.39, 0.29) is 0 Å². The number of nitrogens with two attached hydrogens (primary N) is 1. The van der Waals surface area contributed by atoms with Crippen molar-refractivity contribution in [3.05, 3.63) is 30.6 Å². The van der Waals surface area contributed by atoms with Gasteiger partial charge in [-0.25, -0.2) is 0 Å². The van der Waals surface area contributed by atoms with Crippen molar-refractivity contribution in [2.75, 3.05) is 36.9 Å². The number of fused-ring (bicyclic) bond motifs is 1. The zero-order valence-corrected chi connectivity index (χ0v) is 11.6. The predicted molar refractivity (Wildman–Crippen MR) is 80.5 cm³/mol. The zero-order valence-electron chi connectivity index (χ0n) is 11.6. The van der Waals surface area contributed by atoms with Crippen LogP contribution in [0.1, 0.15) is 13.8 Å². The van der Waals surface area contributed by atoms with Crippen molar-refractivity contribution in [3.63, 3.8) is 0 Å². The van der Waals surface area contributed by atoms with Crippen LogP contribution in [0.4, 0.5) is 11.4 Å². The molecular formula is C15H21N3O. The summed E-state index contributed by atoms with van der Waals surface area (Å²) in [6, 6.07) is 5.99. The molecule has 2 aromatic rings. The van der Waals surface area contributed by atoms with Gasteiger partial charge in [-0.05, 0) is 32.0 Å². The van der Waals surface area contributed by atoms with Crippen LogP contribution in [0.15, 0.2) is 30.6 Å². The number of pyridine rings is 1. The molecule has 4 heteroatoms. The molecule has 102 valence electrons. The van der Waals surface area contributed by atoms with E-state index in [0.717, 1.165) is 42.8 Å². The molecule has 2 rings (SSSR count). The minimum absolute atomic E-state index is 0.733. The van der Waals surface area contributed by atoms with E-state index < -0.39 is 0 Å². The van der Waals surface area contributed by atoms with Crippen LogP contribution in [0.25, 0.3) is 10.8 Å². The minimum atomic E-state index is 0.733. The van der Waals surface area contributed by atoms with Crippen molar-refractivity contribution in [3.8, 4) is 0 Å². The third kappa shape index (κ3) is 2.96. The van der Waals surface area contributed by atoms with Crippen LogP contribution in [0.2, 0.25) is 0 Å². The van der Waals surface area contributed by atoms with Gasteiger partial charge in [0, 0.05) is 54.2 Å². The summed E-state index contributed by atoms with van der Waals surface area (Å²) >= 11 is 0. The third-order valence-electron chi connectivity index (χ3n) is 3.26. The molecule has 0 unspecified atom stereocenters. The number of anilines is 2. The number of hydrogen-bond acceptors (Lipinski definition) is 4. The van der Waals surface area contributed by atoms with Gasteiger partial charge in [-0.2, -0.15) is 0 Å². The zero-order chi connectivity index (χ0) is 13.7. The maximum absolute atomic E-state index is 6.02. The van der Waals surface area contributed by atoms with Crippen LogP contribution in [0, 0.1) is 0 Å². The van der Waals surface area contributed by atoms with E-state index in [9.17, 15) is 0 Å². The lowest BCUT2D eigenvalue weighted by molar-refractivity contribution is 0.154. The minimum Gasteiger partial charge on any atom is -0.398 e. The van der Waals surface area contributed by atoms with Crippen LogP contribution in [-0.4, -0.2) is 31.3 Å². The lowest BCUT2D eigenvalue weighted by atomic mass is 10.1. The van der Waals surface area contributed by atoms with Crippen molar-refractivity contribution in [1.29, 1.82) is 0 Å². The molecule has 0 aliphatic carbocycles. The first-order valence-corrected chi connectivity index (χ1v) is 6.72. The Kier molecular flexibility index (Phi) is 4.58. The van der Waals surface area contributed by atoms with Gasteiger partial charge >= 0.3 is 0 Å². The predicted octanol–water partition coefficient (Wildman–Crippen LogP) is 2.68. The highest BCUT2D eigenvalue weighted by atomic mass is 16.5. The van der Waals surface area contributed by atoms with Crippen LogP contribution in [0.5, 0.6) is 0 Å². The first-order valence-electron chi connectivity index (χ1n) is 6.72. The number of hydrogen-bond donors (Lipinski definition) is 1. The summed E-state index contributed by atoms with van der Waals surface area (Å²) in [7, 11) is 0. The van der Waals surface area contributed by atoms with Crippen molar-refractivity contribution < 1.29 is 4.74 Å². The highest BCUT2D eigenvalue weighted by Crippen LogP contribution is 2.29. The quantitative estimate of drug-likeness (QED) is 0.640. The number of benzene rings is 1. The van der Waals surface area contributed by atoms with E-state index in [2.05, 4.69) is 22.9 Å². The van der Waals surface area contributed by atoms with Crippen LogP contribution >= 0.6 is 0 Å². The maximum atomic E-state index is 6.02. The summed E-state index contributed by atoms with van der Waals surface area (Å²) < 4.78 is 5.44. The number of rotatable bonds is 6. The van der Waals surface area contributed by atoms with Crippen LogP contribution in [0.3, 0.4) is 0 Å². The SMILES string of the molecule is CCOCCN(CC)c1ccc(N)c2ccncc12. The monoisotopic (exact) mass is 259 g/mol. The van der Waals surface area contributed by atoms with E-state index in [1.807, 2.05) is 25.3 Å². The van der Waals surface area contributed by atoms with E-state index in [4.69, 9.17) is 10.5 Å². The Labute approximate surface area is 114 Å². The van der Waals surface area contributed by atoms with E-state index in [1.165, 1.54) is 5.69 Å². The average molecular weight is 259 g/mol. The molecule has 0 amide bonds. The summed E-state index contributed by atoms with van der Waals surface area (Å²) in [5, 5.41) is 2.16. The van der Waals surface area contributed by atoms with Crippen LogP contribution < -0.4 is 10.6 Å². The van der Waals surface area contributed by atoms with Gasteiger partial charge in [0.25, 0.3) is 0 Å². The fourth-order valence-corrected chi connectivity index (χ4v) is 2.24. The lowest BCUT2D eigenvalue weighted by Gasteiger charge is -2.24. The molecule has 2 N–H and O–H groups in total. The molecule has 0 aliphatic rings. The fraction of sp³-hybridized carbons (Fsp3) is 0.400. The molecule has 1 aromatic heterocycles. The van der Waals surface area contributed by atoms with Crippen molar-refractivity contribution in [2.45, 2.75) is 13.8 Å². The molecule has 0 saturated heterocycles. The highest BCUT2D eigenvalue weighted by molar-refractivity contribution is 6.00. The van der Waals surface area contributed by atoms with Gasteiger partial charge in [-0.15, -0.1) is 0 Å². The molecule has 0 saturated carbocycles. The standard InChI is InChI=1S/C15H21N3O/c1-3-18(9-10-19-4-2)15-6-5-14(16)12-7-8-17-11-13(12)15/h5-8,11H,3-4,9-10,16H2,1-2H3. The largest absolute Gasteiger partial charge is 0.398 e. The van der Waals surface area contributed by atoms with Crippen molar-refractivity contribution in [1.82, 2.24) is 4.98 Å². The van der Waals surface area contributed by atoms with Gasteiger partial charge in [0.05, 0.1) is 6.61 Å². The van der Waals surface area contributed by atoms with Gasteiger partial charge in [-0.3, -0.25) is 4.98 Å². The molecular weight excluding hydrogens is 238 g/mol. The molecule has 0 atom stereocenters. The van der Waals surface area contributed by atoms with E-state index >= 15 is 0 Å². The summed E-state index contributed by atoms with van der Waals surface area (Å²) in [5.41, 5.74) is 7.98. The summed E-state index contributed by atoms with van der Waals surface area (Å²) in [6.45, 7) is 7.45. The highest BCUT2D eigenvalue weighted by Gasteiger charge is 2.10. The Morgan fingerprint density at radius 3 is 2.79 bits per heavy atom. The number of aromatic nitrogens is 1. The van der Waals surface area contributed by atoms with Gasteiger partial charge in [-0.1, -0.05) is 0 Å². The summed E-state index contributed by atoms with van der Waals surface area (Å²) in [5.74, 6) is 0. The number of likely N-dealkylation sites (N-methyl/N-ethyl adjacent to an activating group) is 1. The molecule has 0 bridgehead atoms. The molecule has 19 heavy (non-hydrogen) atoms. The molecule has 0 fully saturated rings. The van der Waals surface area contributed by atoms with Gasteiger partial charge in [0.1, 0.15) is 0 Å². The molecule has 1 aromatic carbocycles.